The van der Waals surface area contributed by atoms with E-state index in [9.17, 15) is 4.79 Å². The predicted molar refractivity (Wildman–Crippen MR) is 111 cm³/mol. The van der Waals surface area contributed by atoms with Crippen molar-refractivity contribution in [3.8, 4) is 11.5 Å². The number of aromatic nitrogens is 1. The molecule has 0 saturated heterocycles. The SMILES string of the molecule is CCc1ccccc1Nc1ccc(C(=O)Nc2ccc(OC)c(OC)c2)nc1. The van der Waals surface area contributed by atoms with E-state index < -0.39 is 0 Å². The summed E-state index contributed by atoms with van der Waals surface area (Å²) < 4.78 is 10.5. The number of hydrogen-bond donors (Lipinski definition) is 2. The van der Waals surface area contributed by atoms with Crippen LogP contribution >= 0.6 is 0 Å². The van der Waals surface area contributed by atoms with Crippen LogP contribution in [0.5, 0.6) is 11.5 Å². The van der Waals surface area contributed by atoms with E-state index >= 15 is 0 Å². The molecule has 1 heterocycles. The van der Waals surface area contributed by atoms with Crippen molar-refractivity contribution in [3.05, 3.63) is 72.1 Å². The first-order chi connectivity index (χ1) is 13.6. The zero-order valence-electron chi connectivity index (χ0n) is 16.2. The number of pyridine rings is 1. The monoisotopic (exact) mass is 377 g/mol. The van der Waals surface area contributed by atoms with E-state index in [1.54, 1.807) is 44.7 Å². The highest BCUT2D eigenvalue weighted by atomic mass is 16.5. The lowest BCUT2D eigenvalue weighted by Gasteiger charge is -2.12. The number of nitrogens with zero attached hydrogens (tertiary/aromatic N) is 1. The van der Waals surface area contributed by atoms with Crippen molar-refractivity contribution in [3.63, 3.8) is 0 Å². The Balaban J connectivity index is 1.70. The Hall–Kier alpha value is -3.54. The molecule has 3 aromatic rings. The quantitative estimate of drug-likeness (QED) is 0.627. The summed E-state index contributed by atoms with van der Waals surface area (Å²) in [6.07, 6.45) is 2.58. The highest BCUT2D eigenvalue weighted by Crippen LogP contribution is 2.30. The summed E-state index contributed by atoms with van der Waals surface area (Å²) >= 11 is 0. The molecular formula is C22H23N3O3. The van der Waals surface area contributed by atoms with Crippen molar-refractivity contribution in [1.82, 2.24) is 4.98 Å². The molecule has 0 fully saturated rings. The molecule has 3 rings (SSSR count). The van der Waals surface area contributed by atoms with E-state index in [0.717, 1.165) is 17.8 Å². The molecule has 0 aliphatic rings. The Morgan fingerprint density at radius 1 is 0.964 bits per heavy atom. The van der Waals surface area contributed by atoms with Crippen molar-refractivity contribution >= 4 is 23.0 Å². The van der Waals surface area contributed by atoms with Gasteiger partial charge >= 0.3 is 0 Å². The van der Waals surface area contributed by atoms with Crippen LogP contribution in [-0.2, 0) is 6.42 Å². The largest absolute Gasteiger partial charge is 0.493 e. The van der Waals surface area contributed by atoms with Gasteiger partial charge in [0.25, 0.3) is 5.91 Å². The second-order valence-corrected chi connectivity index (χ2v) is 6.09. The molecule has 28 heavy (non-hydrogen) atoms. The lowest BCUT2D eigenvalue weighted by atomic mass is 10.1. The third-order valence-electron chi connectivity index (χ3n) is 4.31. The maximum Gasteiger partial charge on any atom is 0.274 e. The zero-order chi connectivity index (χ0) is 19.9. The molecule has 0 atom stereocenters. The number of hydrogen-bond acceptors (Lipinski definition) is 5. The summed E-state index contributed by atoms with van der Waals surface area (Å²) in [5.41, 5.74) is 4.00. The number of para-hydroxylation sites is 1. The third-order valence-corrected chi connectivity index (χ3v) is 4.31. The fraction of sp³-hybridized carbons (Fsp3) is 0.182. The van der Waals surface area contributed by atoms with E-state index in [-0.39, 0.29) is 5.91 Å². The molecule has 0 unspecified atom stereocenters. The van der Waals surface area contributed by atoms with Gasteiger partial charge in [-0.25, -0.2) is 4.98 Å². The summed E-state index contributed by atoms with van der Waals surface area (Å²) in [6, 6.07) is 16.8. The van der Waals surface area contributed by atoms with Gasteiger partial charge in [-0.05, 0) is 42.3 Å². The molecule has 6 heteroatoms. The summed E-state index contributed by atoms with van der Waals surface area (Å²) in [7, 11) is 3.11. The molecule has 1 aromatic heterocycles. The molecule has 0 saturated carbocycles. The molecule has 6 nitrogen and oxygen atoms in total. The summed E-state index contributed by atoms with van der Waals surface area (Å²) in [5.74, 6) is 0.844. The lowest BCUT2D eigenvalue weighted by Crippen LogP contribution is -2.13. The number of anilines is 3. The molecule has 2 N–H and O–H groups in total. The van der Waals surface area contributed by atoms with E-state index in [1.165, 1.54) is 5.56 Å². The lowest BCUT2D eigenvalue weighted by molar-refractivity contribution is 0.102. The normalized spacial score (nSPS) is 10.2. The van der Waals surface area contributed by atoms with Crippen molar-refractivity contribution in [2.75, 3.05) is 24.9 Å². The van der Waals surface area contributed by atoms with Gasteiger partial charge in [-0.15, -0.1) is 0 Å². The minimum Gasteiger partial charge on any atom is -0.493 e. The van der Waals surface area contributed by atoms with Crippen LogP contribution < -0.4 is 20.1 Å². The van der Waals surface area contributed by atoms with Gasteiger partial charge in [0.05, 0.1) is 26.1 Å². The highest BCUT2D eigenvalue weighted by Gasteiger charge is 2.11. The van der Waals surface area contributed by atoms with E-state index in [4.69, 9.17) is 9.47 Å². The molecule has 0 aliphatic heterocycles. The van der Waals surface area contributed by atoms with Crippen LogP contribution in [0.4, 0.5) is 17.1 Å². The van der Waals surface area contributed by atoms with Crippen molar-refractivity contribution in [1.29, 1.82) is 0 Å². The molecule has 1 amide bonds. The second-order valence-electron chi connectivity index (χ2n) is 6.09. The molecule has 0 radical (unpaired) electrons. The molecular weight excluding hydrogens is 354 g/mol. The third kappa shape index (κ3) is 4.40. The number of methoxy groups -OCH3 is 2. The van der Waals surface area contributed by atoms with Crippen molar-refractivity contribution in [2.24, 2.45) is 0 Å². The first-order valence-electron chi connectivity index (χ1n) is 8.99. The zero-order valence-corrected chi connectivity index (χ0v) is 16.2. The van der Waals surface area contributed by atoms with E-state index in [0.29, 0.717) is 22.9 Å². The molecule has 144 valence electrons. The predicted octanol–water partition coefficient (Wildman–Crippen LogP) is 4.66. The number of benzene rings is 2. The Morgan fingerprint density at radius 3 is 2.39 bits per heavy atom. The summed E-state index contributed by atoms with van der Waals surface area (Å²) in [4.78, 5) is 16.7. The van der Waals surface area contributed by atoms with E-state index in [1.807, 2.05) is 24.3 Å². The number of amides is 1. The van der Waals surface area contributed by atoms with Crippen LogP contribution in [0.25, 0.3) is 0 Å². The van der Waals surface area contributed by atoms with Crippen LogP contribution in [0.15, 0.2) is 60.8 Å². The van der Waals surface area contributed by atoms with Crippen LogP contribution in [-0.4, -0.2) is 25.1 Å². The molecule has 0 spiro atoms. The first-order valence-corrected chi connectivity index (χ1v) is 8.99. The van der Waals surface area contributed by atoms with Gasteiger partial charge in [-0.1, -0.05) is 25.1 Å². The van der Waals surface area contributed by atoms with Crippen molar-refractivity contribution in [2.45, 2.75) is 13.3 Å². The topological polar surface area (TPSA) is 72.5 Å². The molecule has 0 bridgehead atoms. The van der Waals surface area contributed by atoms with Crippen LogP contribution in [0.2, 0.25) is 0 Å². The Bertz CT molecular complexity index is 955. The number of aryl methyl sites for hydroxylation is 1. The molecule has 0 aliphatic carbocycles. The number of rotatable bonds is 7. The highest BCUT2D eigenvalue weighted by molar-refractivity contribution is 6.03. The number of carbonyl (C=O) groups is 1. The smallest absolute Gasteiger partial charge is 0.274 e. The van der Waals surface area contributed by atoms with E-state index in [2.05, 4.69) is 28.6 Å². The van der Waals surface area contributed by atoms with Gasteiger partial charge in [0.2, 0.25) is 0 Å². The Labute approximate surface area is 164 Å². The van der Waals surface area contributed by atoms with Gasteiger partial charge in [-0.3, -0.25) is 4.79 Å². The summed E-state index contributed by atoms with van der Waals surface area (Å²) in [5, 5.41) is 6.16. The minimum atomic E-state index is -0.298. The van der Waals surface area contributed by atoms with Gasteiger partial charge in [0.15, 0.2) is 11.5 Å². The van der Waals surface area contributed by atoms with Crippen LogP contribution in [0, 0.1) is 0 Å². The molecule has 2 aromatic carbocycles. The number of ether oxygens (including phenoxy) is 2. The minimum absolute atomic E-state index is 0.298. The Morgan fingerprint density at radius 2 is 1.71 bits per heavy atom. The van der Waals surface area contributed by atoms with Gasteiger partial charge in [0, 0.05) is 17.4 Å². The Kier molecular flexibility index (Phi) is 6.11. The second kappa shape index (κ2) is 8.90. The van der Waals surface area contributed by atoms with Gasteiger partial charge in [0.1, 0.15) is 5.69 Å². The average molecular weight is 377 g/mol. The fourth-order valence-corrected chi connectivity index (χ4v) is 2.82. The number of carbonyl (C=O) groups excluding carboxylic acids is 1. The number of nitrogens with one attached hydrogen (secondary N) is 2. The first kappa shape index (κ1) is 19.2. The summed E-state index contributed by atoms with van der Waals surface area (Å²) in [6.45, 7) is 2.11. The maximum atomic E-state index is 12.5. The average Bonchev–Trinajstić information content (AvgIpc) is 2.74. The van der Waals surface area contributed by atoms with Crippen molar-refractivity contribution < 1.29 is 14.3 Å². The standard InChI is InChI=1S/C22H23N3O3/c1-4-15-7-5-6-8-18(15)24-17-9-11-19(23-14-17)22(26)25-16-10-12-20(27-2)21(13-16)28-3/h5-14,24H,4H2,1-3H3,(H,25,26). The van der Waals surface area contributed by atoms with Crippen LogP contribution in [0.3, 0.4) is 0 Å². The van der Waals surface area contributed by atoms with Crippen LogP contribution in [0.1, 0.15) is 23.0 Å². The fourth-order valence-electron chi connectivity index (χ4n) is 2.82. The van der Waals surface area contributed by atoms with Gasteiger partial charge < -0.3 is 20.1 Å². The van der Waals surface area contributed by atoms with Gasteiger partial charge in [-0.2, -0.15) is 0 Å². The maximum absolute atomic E-state index is 12.5.